The average Bonchev–Trinajstić information content (AvgIpc) is 3.66. The van der Waals surface area contributed by atoms with E-state index in [0.29, 0.717) is 62.0 Å². The Balaban J connectivity index is 1.19. The van der Waals surface area contributed by atoms with Crippen LogP contribution in [0, 0.1) is 6.92 Å². The molecule has 2 N–H and O–H groups in total. The van der Waals surface area contributed by atoms with Crippen molar-refractivity contribution in [1.29, 1.82) is 0 Å². The molecule has 2 aliphatic rings. The van der Waals surface area contributed by atoms with Crippen molar-refractivity contribution >= 4 is 40.8 Å². The van der Waals surface area contributed by atoms with Crippen LogP contribution in [0.15, 0.2) is 59.1 Å². The number of carboxylic acid groups (broad SMARTS) is 1. The summed E-state index contributed by atoms with van der Waals surface area (Å²) in [7, 11) is 0. The fourth-order valence-electron chi connectivity index (χ4n) is 5.50. The molecule has 1 heterocycles. The first-order valence-electron chi connectivity index (χ1n) is 13.1. The van der Waals surface area contributed by atoms with Gasteiger partial charge in [-0.2, -0.15) is 0 Å². The fraction of sp³-hybridized carbons (Fsp3) is 0.290. The summed E-state index contributed by atoms with van der Waals surface area (Å²) < 4.78 is 11.9. The van der Waals surface area contributed by atoms with Crippen molar-refractivity contribution in [2.75, 3.05) is 0 Å². The lowest BCUT2D eigenvalue weighted by Gasteiger charge is -2.45. The zero-order valence-corrected chi connectivity index (χ0v) is 23.9. The minimum Gasteiger partial charge on any atom is -0.489 e. The molecule has 0 spiro atoms. The summed E-state index contributed by atoms with van der Waals surface area (Å²) >= 11 is 19.6. The van der Waals surface area contributed by atoms with Crippen LogP contribution in [0.1, 0.15) is 75.9 Å². The summed E-state index contributed by atoms with van der Waals surface area (Å²) in [6.07, 6.45) is 2.95. The summed E-state index contributed by atoms with van der Waals surface area (Å²) in [6, 6.07) is 16.0. The molecule has 0 unspecified atom stereocenters. The van der Waals surface area contributed by atoms with Crippen LogP contribution in [0.25, 0.3) is 11.3 Å². The summed E-state index contributed by atoms with van der Waals surface area (Å²) in [5, 5.41) is 26.4. The highest BCUT2D eigenvalue weighted by Crippen LogP contribution is 2.53. The van der Waals surface area contributed by atoms with Crippen LogP contribution in [0.3, 0.4) is 0 Å². The Labute approximate surface area is 246 Å². The third kappa shape index (κ3) is 4.99. The molecule has 9 heteroatoms. The topological polar surface area (TPSA) is 92.8 Å². The van der Waals surface area contributed by atoms with E-state index in [1.165, 1.54) is 0 Å². The van der Waals surface area contributed by atoms with Crippen LogP contribution in [-0.2, 0) is 12.2 Å². The van der Waals surface area contributed by atoms with Crippen LogP contribution in [-0.4, -0.2) is 21.3 Å². The SMILES string of the molecule is Cc1ccc(C2CC(O)(c3ccc(OCc4c(-c5c(Cl)cccc5Cl)noc4C4CC4)cc3Cl)C2)cc1C(=O)O. The number of aliphatic hydroxyl groups is 1. The molecule has 206 valence electrons. The van der Waals surface area contributed by atoms with E-state index in [0.717, 1.165) is 29.7 Å². The zero-order chi connectivity index (χ0) is 28.2. The lowest BCUT2D eigenvalue weighted by molar-refractivity contribution is -0.0549. The Hall–Kier alpha value is -3.03. The molecule has 0 amide bonds. The second-order valence-electron chi connectivity index (χ2n) is 10.7. The lowest BCUT2D eigenvalue weighted by atomic mass is 9.64. The van der Waals surface area contributed by atoms with Crippen LogP contribution in [0.5, 0.6) is 5.75 Å². The molecule has 0 aliphatic heterocycles. The van der Waals surface area contributed by atoms with Gasteiger partial charge in [-0.25, -0.2) is 4.79 Å². The molecule has 40 heavy (non-hydrogen) atoms. The molecule has 2 saturated carbocycles. The van der Waals surface area contributed by atoms with Gasteiger partial charge in [0, 0.05) is 17.0 Å². The first-order valence-corrected chi connectivity index (χ1v) is 14.2. The standard InChI is InChI=1S/C31H26Cl3NO5/c1-16-5-6-18(11-21(16)30(36)37)19-13-31(38,14-19)23-10-9-20(12-26(23)34)39-15-22-28(35-40-29(22)17-7-8-17)27-24(32)3-2-4-25(27)33/h2-6,9-12,17,19,38H,7-8,13-15H2,1H3,(H,36,37). The Kier molecular flexibility index (Phi) is 7.07. The number of carboxylic acids is 1. The summed E-state index contributed by atoms with van der Waals surface area (Å²) in [4.78, 5) is 11.5. The van der Waals surface area contributed by atoms with Crippen LogP contribution in [0.2, 0.25) is 15.1 Å². The number of carbonyl (C=O) groups is 1. The number of rotatable bonds is 8. The van der Waals surface area contributed by atoms with E-state index in [9.17, 15) is 15.0 Å². The van der Waals surface area contributed by atoms with Gasteiger partial charge >= 0.3 is 5.97 Å². The molecule has 1 aromatic heterocycles. The number of halogens is 3. The maximum Gasteiger partial charge on any atom is 0.335 e. The van der Waals surface area contributed by atoms with Crippen molar-refractivity contribution in [3.8, 4) is 17.0 Å². The van der Waals surface area contributed by atoms with E-state index in [4.69, 9.17) is 44.1 Å². The normalized spacial score (nSPS) is 20.3. The van der Waals surface area contributed by atoms with Crippen molar-refractivity contribution in [2.24, 2.45) is 0 Å². The molecular weight excluding hydrogens is 573 g/mol. The van der Waals surface area contributed by atoms with Crippen LogP contribution < -0.4 is 4.74 Å². The highest BCUT2D eigenvalue weighted by molar-refractivity contribution is 6.39. The van der Waals surface area contributed by atoms with Crippen molar-refractivity contribution in [3.63, 3.8) is 0 Å². The van der Waals surface area contributed by atoms with Gasteiger partial charge in [-0.1, -0.05) is 64.2 Å². The second kappa shape index (κ2) is 10.4. The third-order valence-electron chi connectivity index (χ3n) is 7.92. The Morgan fingerprint density at radius 1 is 1.02 bits per heavy atom. The molecular formula is C31H26Cl3NO5. The summed E-state index contributed by atoms with van der Waals surface area (Å²) in [5.74, 6) is 0.709. The zero-order valence-electron chi connectivity index (χ0n) is 21.6. The number of aromatic carboxylic acids is 1. The fourth-order valence-corrected chi connectivity index (χ4v) is 6.42. The largest absolute Gasteiger partial charge is 0.489 e. The minimum atomic E-state index is -1.10. The number of nitrogens with zero attached hydrogens (tertiary/aromatic N) is 1. The second-order valence-corrected chi connectivity index (χ2v) is 11.9. The van der Waals surface area contributed by atoms with E-state index in [1.807, 2.05) is 12.1 Å². The number of aromatic nitrogens is 1. The smallest absolute Gasteiger partial charge is 0.335 e. The summed E-state index contributed by atoms with van der Waals surface area (Å²) in [5.41, 5.74) is 3.39. The van der Waals surface area contributed by atoms with E-state index >= 15 is 0 Å². The summed E-state index contributed by atoms with van der Waals surface area (Å²) in [6.45, 7) is 1.96. The van der Waals surface area contributed by atoms with Crippen molar-refractivity contribution in [1.82, 2.24) is 5.16 Å². The van der Waals surface area contributed by atoms with Gasteiger partial charge in [0.05, 0.1) is 31.8 Å². The van der Waals surface area contributed by atoms with E-state index < -0.39 is 11.6 Å². The monoisotopic (exact) mass is 597 g/mol. The molecule has 0 radical (unpaired) electrons. The molecule has 4 aromatic rings. The molecule has 0 atom stereocenters. The predicted molar refractivity (Wildman–Crippen MR) is 154 cm³/mol. The number of benzene rings is 3. The van der Waals surface area contributed by atoms with Gasteiger partial charge in [-0.15, -0.1) is 0 Å². The molecule has 6 rings (SSSR count). The Morgan fingerprint density at radius 3 is 2.40 bits per heavy atom. The number of aryl methyl sites for hydroxylation is 1. The molecule has 0 bridgehead atoms. The third-order valence-corrected chi connectivity index (χ3v) is 8.87. The molecule has 2 aliphatic carbocycles. The predicted octanol–water partition coefficient (Wildman–Crippen LogP) is 8.53. The molecule has 3 aromatic carbocycles. The van der Waals surface area contributed by atoms with E-state index in [-0.39, 0.29) is 18.1 Å². The van der Waals surface area contributed by atoms with Crippen molar-refractivity contribution < 1.29 is 24.3 Å². The van der Waals surface area contributed by atoms with Crippen LogP contribution in [0.4, 0.5) is 0 Å². The van der Waals surface area contributed by atoms with Gasteiger partial charge in [-0.3, -0.25) is 0 Å². The van der Waals surface area contributed by atoms with Gasteiger partial charge in [0.1, 0.15) is 23.8 Å². The molecule has 2 fully saturated rings. The highest BCUT2D eigenvalue weighted by Gasteiger charge is 2.46. The molecule has 6 nitrogen and oxygen atoms in total. The van der Waals surface area contributed by atoms with Gasteiger partial charge in [0.2, 0.25) is 0 Å². The van der Waals surface area contributed by atoms with Gasteiger partial charge in [-0.05, 0) is 80.0 Å². The van der Waals surface area contributed by atoms with Crippen LogP contribution >= 0.6 is 34.8 Å². The molecule has 0 saturated heterocycles. The lowest BCUT2D eigenvalue weighted by Crippen LogP contribution is -2.40. The number of hydrogen-bond donors (Lipinski definition) is 2. The van der Waals surface area contributed by atoms with Crippen molar-refractivity contribution in [3.05, 3.63) is 103 Å². The highest BCUT2D eigenvalue weighted by atomic mass is 35.5. The number of ether oxygens (including phenoxy) is 1. The average molecular weight is 599 g/mol. The number of hydrogen-bond acceptors (Lipinski definition) is 5. The van der Waals surface area contributed by atoms with E-state index in [2.05, 4.69) is 5.16 Å². The maximum absolute atomic E-state index is 11.5. The maximum atomic E-state index is 11.5. The first kappa shape index (κ1) is 27.2. The van der Waals surface area contributed by atoms with Gasteiger partial charge in [0.15, 0.2) is 0 Å². The quantitative estimate of drug-likeness (QED) is 0.211. The van der Waals surface area contributed by atoms with Gasteiger partial charge < -0.3 is 19.5 Å². The first-order chi connectivity index (χ1) is 19.1. The Morgan fingerprint density at radius 2 is 1.75 bits per heavy atom. The van der Waals surface area contributed by atoms with Crippen molar-refractivity contribution in [2.45, 2.75) is 56.7 Å². The van der Waals surface area contributed by atoms with Gasteiger partial charge in [0.25, 0.3) is 0 Å². The minimum absolute atomic E-state index is 0.0418. The van der Waals surface area contributed by atoms with E-state index in [1.54, 1.807) is 49.4 Å². The Bertz CT molecular complexity index is 1600.